The number of nitrogens with zero attached hydrogens (tertiary/aromatic N) is 2. The number of aliphatic hydroxyl groups is 1. The highest BCUT2D eigenvalue weighted by atomic mass is 16.3. The highest BCUT2D eigenvalue weighted by Gasteiger charge is 2.10. The Morgan fingerprint density at radius 1 is 1.08 bits per heavy atom. The van der Waals surface area contributed by atoms with E-state index in [1.165, 1.54) is 5.56 Å². The lowest BCUT2D eigenvalue weighted by atomic mass is 10.1. The number of aromatic nitrogens is 2. The minimum atomic E-state index is -0.399. The largest absolute Gasteiger partial charge is 0.391 e. The summed E-state index contributed by atoms with van der Waals surface area (Å²) in [6, 6.07) is 20.4. The van der Waals surface area contributed by atoms with Gasteiger partial charge in [-0.2, -0.15) is 5.10 Å². The Morgan fingerprint density at radius 3 is 2.67 bits per heavy atom. The second-order valence-corrected chi connectivity index (χ2v) is 6.02. The lowest BCUT2D eigenvalue weighted by Gasteiger charge is -2.18. The Kier molecular flexibility index (Phi) is 5.41. The average molecular weight is 321 g/mol. The maximum absolute atomic E-state index is 10.2. The molecular formula is C20H23N3O. The fourth-order valence-corrected chi connectivity index (χ4v) is 2.75. The van der Waals surface area contributed by atoms with Crippen LogP contribution in [-0.4, -0.2) is 27.5 Å². The summed E-state index contributed by atoms with van der Waals surface area (Å²) in [5.41, 5.74) is 3.37. The van der Waals surface area contributed by atoms with Gasteiger partial charge in [0.15, 0.2) is 0 Å². The molecule has 0 aliphatic rings. The van der Waals surface area contributed by atoms with Crippen LogP contribution in [0.3, 0.4) is 0 Å². The third-order valence-electron chi connectivity index (χ3n) is 4.11. The molecule has 124 valence electrons. The van der Waals surface area contributed by atoms with E-state index in [1.807, 2.05) is 59.4 Å². The molecule has 2 aromatic carbocycles. The van der Waals surface area contributed by atoms with Crippen LogP contribution in [0, 0.1) is 0 Å². The van der Waals surface area contributed by atoms with Crippen molar-refractivity contribution in [1.29, 1.82) is 0 Å². The van der Waals surface area contributed by atoms with Crippen LogP contribution in [-0.2, 0) is 6.42 Å². The van der Waals surface area contributed by atoms with Gasteiger partial charge in [-0.25, -0.2) is 4.68 Å². The molecule has 2 N–H and O–H groups in total. The normalized spacial score (nSPS) is 13.6. The molecule has 3 rings (SSSR count). The van der Waals surface area contributed by atoms with E-state index >= 15 is 0 Å². The van der Waals surface area contributed by atoms with Gasteiger partial charge in [-0.1, -0.05) is 42.5 Å². The summed E-state index contributed by atoms with van der Waals surface area (Å²) < 4.78 is 1.85. The fourth-order valence-electron chi connectivity index (χ4n) is 2.75. The molecule has 4 nitrogen and oxygen atoms in total. The highest BCUT2D eigenvalue weighted by Crippen LogP contribution is 2.16. The highest BCUT2D eigenvalue weighted by molar-refractivity contribution is 5.36. The Balaban J connectivity index is 1.57. The van der Waals surface area contributed by atoms with Gasteiger partial charge < -0.3 is 10.4 Å². The first-order valence-electron chi connectivity index (χ1n) is 8.28. The Bertz CT molecular complexity index is 741. The third-order valence-corrected chi connectivity index (χ3v) is 4.11. The van der Waals surface area contributed by atoms with E-state index in [0.29, 0.717) is 13.0 Å². The first kappa shape index (κ1) is 16.4. The molecular weight excluding hydrogens is 298 g/mol. The molecule has 4 heteroatoms. The van der Waals surface area contributed by atoms with Crippen molar-refractivity contribution in [1.82, 2.24) is 15.1 Å². The number of rotatable bonds is 7. The Morgan fingerprint density at radius 2 is 1.92 bits per heavy atom. The minimum Gasteiger partial charge on any atom is -0.391 e. The zero-order valence-corrected chi connectivity index (χ0v) is 13.8. The summed E-state index contributed by atoms with van der Waals surface area (Å²) in [5.74, 6) is 0. The molecule has 0 radical (unpaired) electrons. The molecule has 0 amide bonds. The summed E-state index contributed by atoms with van der Waals surface area (Å²) in [5, 5.41) is 17.9. The number of benzene rings is 2. The first-order valence-corrected chi connectivity index (χ1v) is 8.28. The van der Waals surface area contributed by atoms with Crippen LogP contribution in [0.25, 0.3) is 5.69 Å². The minimum absolute atomic E-state index is 0.158. The molecule has 1 heterocycles. The molecule has 2 atom stereocenters. The smallest absolute Gasteiger partial charge is 0.0705 e. The fraction of sp³-hybridized carbons (Fsp3) is 0.250. The monoisotopic (exact) mass is 321 g/mol. The predicted molar refractivity (Wildman–Crippen MR) is 96.1 cm³/mol. The van der Waals surface area contributed by atoms with Crippen molar-refractivity contribution >= 4 is 0 Å². The van der Waals surface area contributed by atoms with Gasteiger partial charge in [-0.3, -0.25) is 0 Å². The summed E-state index contributed by atoms with van der Waals surface area (Å²) >= 11 is 0. The number of hydrogen-bond donors (Lipinski definition) is 2. The third kappa shape index (κ3) is 4.31. The summed E-state index contributed by atoms with van der Waals surface area (Å²) in [6.07, 6.45) is 3.97. The first-order chi connectivity index (χ1) is 11.7. The second-order valence-electron chi connectivity index (χ2n) is 6.02. The van der Waals surface area contributed by atoms with Crippen LogP contribution < -0.4 is 5.32 Å². The Hall–Kier alpha value is -2.43. The van der Waals surface area contributed by atoms with Gasteiger partial charge >= 0.3 is 0 Å². The summed E-state index contributed by atoms with van der Waals surface area (Å²) in [7, 11) is 0. The molecule has 0 saturated carbocycles. The van der Waals surface area contributed by atoms with Crippen molar-refractivity contribution in [2.75, 3.05) is 6.54 Å². The zero-order chi connectivity index (χ0) is 16.8. The van der Waals surface area contributed by atoms with Crippen molar-refractivity contribution in [3.8, 4) is 5.69 Å². The molecule has 0 aliphatic carbocycles. The lowest BCUT2D eigenvalue weighted by Crippen LogP contribution is -2.30. The predicted octanol–water partition coefficient (Wildman–Crippen LogP) is 3.13. The van der Waals surface area contributed by atoms with Crippen molar-refractivity contribution in [2.45, 2.75) is 25.5 Å². The standard InChI is InChI=1S/C20H23N3O/c1-16(21-15-20(24)13-17-7-3-2-4-8-17)18-9-5-10-19(14-18)23-12-6-11-22-23/h2-12,14,16,20-21,24H,13,15H2,1H3. The van der Waals surface area contributed by atoms with Gasteiger partial charge in [-0.05, 0) is 42.7 Å². The quantitative estimate of drug-likeness (QED) is 0.703. The lowest BCUT2D eigenvalue weighted by molar-refractivity contribution is 0.168. The summed E-state index contributed by atoms with van der Waals surface area (Å²) in [6.45, 7) is 2.67. The SMILES string of the molecule is CC(NCC(O)Cc1ccccc1)c1cccc(-n2cccn2)c1. The van der Waals surface area contributed by atoms with Crippen LogP contribution in [0.4, 0.5) is 0 Å². The average Bonchev–Trinajstić information content (AvgIpc) is 3.15. The van der Waals surface area contributed by atoms with E-state index in [-0.39, 0.29) is 6.04 Å². The van der Waals surface area contributed by atoms with Gasteiger partial charge in [0.05, 0.1) is 11.8 Å². The topological polar surface area (TPSA) is 50.1 Å². The van der Waals surface area contributed by atoms with Crippen molar-refractivity contribution in [3.63, 3.8) is 0 Å². The zero-order valence-electron chi connectivity index (χ0n) is 13.8. The molecule has 0 aliphatic heterocycles. The maximum Gasteiger partial charge on any atom is 0.0705 e. The van der Waals surface area contributed by atoms with Crippen molar-refractivity contribution < 1.29 is 5.11 Å². The molecule has 0 saturated heterocycles. The van der Waals surface area contributed by atoms with Crippen LogP contribution >= 0.6 is 0 Å². The van der Waals surface area contributed by atoms with Crippen LogP contribution in [0.1, 0.15) is 24.1 Å². The van der Waals surface area contributed by atoms with Gasteiger partial charge in [-0.15, -0.1) is 0 Å². The van der Waals surface area contributed by atoms with Gasteiger partial charge in [0.1, 0.15) is 0 Å². The Labute approximate surface area is 142 Å². The van der Waals surface area contributed by atoms with E-state index in [4.69, 9.17) is 0 Å². The molecule has 3 aromatic rings. The number of hydrogen-bond acceptors (Lipinski definition) is 3. The molecule has 0 fully saturated rings. The van der Waals surface area contributed by atoms with Gasteiger partial charge in [0, 0.05) is 25.0 Å². The molecule has 0 bridgehead atoms. The van der Waals surface area contributed by atoms with Crippen LogP contribution in [0.15, 0.2) is 73.1 Å². The molecule has 1 aromatic heterocycles. The van der Waals surface area contributed by atoms with E-state index in [2.05, 4.69) is 29.5 Å². The van der Waals surface area contributed by atoms with Crippen molar-refractivity contribution in [3.05, 3.63) is 84.2 Å². The maximum atomic E-state index is 10.2. The molecule has 24 heavy (non-hydrogen) atoms. The second kappa shape index (κ2) is 7.90. The van der Waals surface area contributed by atoms with Crippen LogP contribution in [0.2, 0.25) is 0 Å². The van der Waals surface area contributed by atoms with Gasteiger partial charge in [0.2, 0.25) is 0 Å². The van der Waals surface area contributed by atoms with Crippen LogP contribution in [0.5, 0.6) is 0 Å². The van der Waals surface area contributed by atoms with E-state index in [1.54, 1.807) is 6.20 Å². The van der Waals surface area contributed by atoms with E-state index in [0.717, 1.165) is 11.3 Å². The van der Waals surface area contributed by atoms with Crippen molar-refractivity contribution in [2.24, 2.45) is 0 Å². The van der Waals surface area contributed by atoms with E-state index < -0.39 is 6.10 Å². The number of nitrogens with one attached hydrogen (secondary N) is 1. The molecule has 0 spiro atoms. The van der Waals surface area contributed by atoms with E-state index in [9.17, 15) is 5.11 Å². The van der Waals surface area contributed by atoms with Gasteiger partial charge in [0.25, 0.3) is 0 Å². The number of aliphatic hydroxyl groups excluding tert-OH is 1. The summed E-state index contributed by atoms with van der Waals surface area (Å²) in [4.78, 5) is 0. The molecule has 2 unspecified atom stereocenters.